The molecule has 0 atom stereocenters. The van der Waals surface area contributed by atoms with Gasteiger partial charge in [0.1, 0.15) is 0 Å². The van der Waals surface area contributed by atoms with Crippen molar-refractivity contribution in [1.82, 2.24) is 20.1 Å². The number of carbonyl (C=O) groups is 1. The molecule has 1 aromatic heterocycles. The Bertz CT molecular complexity index is 1090. The zero-order valence-corrected chi connectivity index (χ0v) is 22.1. The second-order valence-corrected chi connectivity index (χ2v) is 10.2. The average molecular weight is 520 g/mol. The van der Waals surface area contributed by atoms with Crippen LogP contribution in [0.25, 0.3) is 5.69 Å². The molecule has 8 heteroatoms. The van der Waals surface area contributed by atoms with Gasteiger partial charge in [-0.05, 0) is 37.1 Å². The summed E-state index contributed by atoms with van der Waals surface area (Å²) in [5.41, 5.74) is 3.16. The molecule has 5 nitrogen and oxygen atoms in total. The standard InChI is InChI=1S/C26H32Cl2N4OS/c1-3-4-5-6-7-8-12-25(33)29-17-24-30-31-26(34-18-20-11-9-10-19(2)15-20)32(24)23-14-13-21(27)16-22(23)28/h9-11,13-16H,3-8,12,17-18H2,1-2H3,(H,29,33). The second kappa shape index (κ2) is 13.8. The molecule has 0 fully saturated rings. The van der Waals surface area contributed by atoms with Gasteiger partial charge in [0.2, 0.25) is 5.91 Å². The van der Waals surface area contributed by atoms with Gasteiger partial charge in [-0.25, -0.2) is 0 Å². The van der Waals surface area contributed by atoms with E-state index in [0.717, 1.165) is 24.3 Å². The van der Waals surface area contributed by atoms with Crippen LogP contribution in [0.1, 0.15) is 68.8 Å². The van der Waals surface area contributed by atoms with Gasteiger partial charge in [0.15, 0.2) is 11.0 Å². The fourth-order valence-corrected chi connectivity index (χ4v) is 5.09. The zero-order chi connectivity index (χ0) is 24.3. The van der Waals surface area contributed by atoms with Crippen LogP contribution < -0.4 is 5.32 Å². The van der Waals surface area contributed by atoms with Crippen molar-refractivity contribution < 1.29 is 4.79 Å². The Balaban J connectivity index is 1.69. The first-order chi connectivity index (χ1) is 16.5. The molecule has 0 saturated heterocycles. The number of thioether (sulfide) groups is 1. The van der Waals surface area contributed by atoms with E-state index in [4.69, 9.17) is 23.2 Å². The molecule has 182 valence electrons. The highest BCUT2D eigenvalue weighted by atomic mass is 35.5. The zero-order valence-electron chi connectivity index (χ0n) is 19.8. The average Bonchev–Trinajstić information content (AvgIpc) is 3.21. The quantitative estimate of drug-likeness (QED) is 0.187. The summed E-state index contributed by atoms with van der Waals surface area (Å²) in [7, 11) is 0. The van der Waals surface area contributed by atoms with Crippen molar-refractivity contribution in [2.45, 2.75) is 76.2 Å². The van der Waals surface area contributed by atoms with Gasteiger partial charge in [-0.1, -0.05) is 104 Å². The predicted octanol–water partition coefficient (Wildman–Crippen LogP) is 7.54. The minimum Gasteiger partial charge on any atom is -0.349 e. The number of benzene rings is 2. The third-order valence-electron chi connectivity index (χ3n) is 5.50. The molecule has 34 heavy (non-hydrogen) atoms. The van der Waals surface area contributed by atoms with Crippen molar-refractivity contribution in [3.63, 3.8) is 0 Å². The van der Waals surface area contributed by atoms with Gasteiger partial charge in [0, 0.05) is 17.2 Å². The highest BCUT2D eigenvalue weighted by Gasteiger charge is 2.18. The molecule has 0 spiro atoms. The number of amides is 1. The van der Waals surface area contributed by atoms with Gasteiger partial charge in [-0.2, -0.15) is 0 Å². The maximum absolute atomic E-state index is 12.4. The third-order valence-corrected chi connectivity index (χ3v) is 7.04. The Morgan fingerprint density at radius 1 is 1.03 bits per heavy atom. The van der Waals surface area contributed by atoms with Crippen LogP contribution in [0.3, 0.4) is 0 Å². The van der Waals surface area contributed by atoms with Gasteiger partial charge in [0.05, 0.1) is 17.3 Å². The summed E-state index contributed by atoms with van der Waals surface area (Å²) in [5.74, 6) is 1.41. The molecule has 0 saturated carbocycles. The Labute approximate surface area is 216 Å². The number of rotatable bonds is 13. The first kappa shape index (κ1) is 26.6. The molecule has 3 aromatic rings. The smallest absolute Gasteiger partial charge is 0.220 e. The molecule has 3 rings (SSSR count). The first-order valence-electron chi connectivity index (χ1n) is 11.8. The van der Waals surface area contributed by atoms with Crippen LogP contribution in [0.2, 0.25) is 10.0 Å². The van der Waals surface area contributed by atoms with E-state index in [1.807, 2.05) is 10.6 Å². The molecule has 0 unspecified atom stereocenters. The van der Waals surface area contributed by atoms with Crippen LogP contribution in [-0.4, -0.2) is 20.7 Å². The molecule has 1 heterocycles. The first-order valence-corrected chi connectivity index (χ1v) is 13.6. The summed E-state index contributed by atoms with van der Waals surface area (Å²) < 4.78 is 1.91. The number of halogens is 2. The van der Waals surface area contributed by atoms with Crippen LogP contribution in [0, 0.1) is 6.92 Å². The van der Waals surface area contributed by atoms with Crippen molar-refractivity contribution in [3.8, 4) is 5.69 Å². The maximum atomic E-state index is 12.4. The third kappa shape index (κ3) is 8.03. The summed E-state index contributed by atoms with van der Waals surface area (Å²) >= 11 is 14.2. The molecule has 2 aromatic carbocycles. The predicted molar refractivity (Wildman–Crippen MR) is 142 cm³/mol. The summed E-state index contributed by atoms with van der Waals surface area (Å²) in [5, 5.41) is 13.6. The van der Waals surface area contributed by atoms with Gasteiger partial charge in [-0.15, -0.1) is 10.2 Å². The minimum absolute atomic E-state index is 0.0289. The summed E-state index contributed by atoms with van der Waals surface area (Å²) in [6.07, 6.45) is 7.44. The van der Waals surface area contributed by atoms with Crippen LogP contribution >= 0.6 is 35.0 Å². The number of hydrogen-bond donors (Lipinski definition) is 1. The largest absolute Gasteiger partial charge is 0.349 e. The molecule has 1 N–H and O–H groups in total. The van der Waals surface area contributed by atoms with E-state index < -0.39 is 0 Å². The van der Waals surface area contributed by atoms with Crippen LogP contribution in [0.5, 0.6) is 0 Å². The van der Waals surface area contributed by atoms with Gasteiger partial charge >= 0.3 is 0 Å². The number of nitrogens with zero attached hydrogens (tertiary/aromatic N) is 3. The second-order valence-electron chi connectivity index (χ2n) is 8.40. The fourth-order valence-electron chi connectivity index (χ4n) is 3.69. The van der Waals surface area contributed by atoms with Crippen molar-refractivity contribution in [3.05, 3.63) is 69.5 Å². The van der Waals surface area contributed by atoms with E-state index in [-0.39, 0.29) is 12.5 Å². The Morgan fingerprint density at radius 3 is 2.59 bits per heavy atom. The molecule has 0 aliphatic carbocycles. The lowest BCUT2D eigenvalue weighted by atomic mass is 10.1. The van der Waals surface area contributed by atoms with Crippen LogP contribution in [0.15, 0.2) is 47.6 Å². The van der Waals surface area contributed by atoms with Gasteiger partial charge in [-0.3, -0.25) is 9.36 Å². The Morgan fingerprint density at radius 2 is 1.82 bits per heavy atom. The monoisotopic (exact) mass is 518 g/mol. The summed E-state index contributed by atoms with van der Waals surface area (Å²) in [4.78, 5) is 12.4. The number of unbranched alkanes of at least 4 members (excludes halogenated alkanes) is 5. The van der Waals surface area contributed by atoms with E-state index in [0.29, 0.717) is 27.4 Å². The van der Waals surface area contributed by atoms with Crippen molar-refractivity contribution in [2.24, 2.45) is 0 Å². The summed E-state index contributed by atoms with van der Waals surface area (Å²) in [6, 6.07) is 13.7. The van der Waals surface area contributed by atoms with E-state index in [2.05, 4.69) is 53.6 Å². The molecule has 1 amide bonds. The SMILES string of the molecule is CCCCCCCCC(=O)NCc1nnc(SCc2cccc(C)c2)n1-c1ccc(Cl)cc1Cl. The number of carbonyl (C=O) groups excluding carboxylic acids is 1. The van der Waals surface area contributed by atoms with Gasteiger partial charge < -0.3 is 5.32 Å². The highest BCUT2D eigenvalue weighted by Crippen LogP contribution is 2.30. The van der Waals surface area contributed by atoms with Gasteiger partial charge in [0.25, 0.3) is 0 Å². The van der Waals surface area contributed by atoms with E-state index in [1.54, 1.807) is 23.9 Å². The van der Waals surface area contributed by atoms with Crippen LogP contribution in [-0.2, 0) is 17.1 Å². The molecule has 0 aliphatic heterocycles. The number of nitrogens with one attached hydrogen (secondary N) is 1. The highest BCUT2D eigenvalue weighted by molar-refractivity contribution is 7.98. The Kier molecular flexibility index (Phi) is 10.8. The normalized spacial score (nSPS) is 11.1. The maximum Gasteiger partial charge on any atom is 0.220 e. The van der Waals surface area contributed by atoms with Crippen molar-refractivity contribution >= 4 is 40.9 Å². The summed E-state index contributed by atoms with van der Waals surface area (Å²) in [6.45, 7) is 4.57. The van der Waals surface area contributed by atoms with Crippen LogP contribution in [0.4, 0.5) is 0 Å². The Hall–Kier alpha value is -2.02. The van der Waals surface area contributed by atoms with E-state index in [9.17, 15) is 4.79 Å². The lowest BCUT2D eigenvalue weighted by molar-refractivity contribution is -0.121. The van der Waals surface area contributed by atoms with E-state index in [1.165, 1.54) is 36.8 Å². The van der Waals surface area contributed by atoms with Crippen molar-refractivity contribution in [2.75, 3.05) is 0 Å². The molecular formula is C26H32Cl2N4OS. The molecular weight excluding hydrogens is 487 g/mol. The lowest BCUT2D eigenvalue weighted by Gasteiger charge is -2.13. The van der Waals surface area contributed by atoms with E-state index >= 15 is 0 Å². The minimum atomic E-state index is 0.0289. The topological polar surface area (TPSA) is 59.8 Å². The fraction of sp³-hybridized carbons (Fsp3) is 0.423. The van der Waals surface area contributed by atoms with Crippen molar-refractivity contribution in [1.29, 1.82) is 0 Å². The number of aromatic nitrogens is 3. The molecule has 0 radical (unpaired) electrons. The number of aryl methyl sites for hydroxylation is 1. The number of hydrogen-bond acceptors (Lipinski definition) is 4. The lowest BCUT2D eigenvalue weighted by Crippen LogP contribution is -2.24. The molecule has 0 bridgehead atoms. The molecule has 0 aliphatic rings.